The van der Waals surface area contributed by atoms with E-state index in [1.165, 1.54) is 0 Å². The Morgan fingerprint density at radius 1 is 1.26 bits per heavy atom. The lowest BCUT2D eigenvalue weighted by Gasteiger charge is -2.53. The summed E-state index contributed by atoms with van der Waals surface area (Å²) in [4.78, 5) is 50.4. The highest BCUT2D eigenvalue weighted by molar-refractivity contribution is 5.99. The average molecular weight is 391 g/mol. The Labute approximate surface area is 157 Å². The molecule has 27 heavy (non-hydrogen) atoms. The Morgan fingerprint density at radius 3 is 2.44 bits per heavy atom. The third-order valence-electron chi connectivity index (χ3n) is 3.93. The molecule has 1 amide bonds. The minimum absolute atomic E-state index is 0.847. The summed E-state index contributed by atoms with van der Waals surface area (Å²) in [5.41, 5.74) is 1.56. The summed E-state index contributed by atoms with van der Waals surface area (Å²) >= 11 is 0. The van der Waals surface area contributed by atoms with Crippen LogP contribution in [-0.2, 0) is 28.7 Å². The second-order valence-corrected chi connectivity index (χ2v) is 5.51. The van der Waals surface area contributed by atoms with Gasteiger partial charge >= 0.3 is 5.97 Å². The zero-order valence-electron chi connectivity index (χ0n) is 16.9. The average Bonchev–Trinajstić information content (AvgIpc) is 2.74. The fourth-order valence-corrected chi connectivity index (χ4v) is 2.63. The normalized spacial score (nSPS) is 34.2. The molecule has 0 radical (unpaired) electrons. The minimum atomic E-state index is -3.38. The van der Waals surface area contributed by atoms with E-state index in [1.54, 1.807) is 0 Å². The van der Waals surface area contributed by atoms with Crippen molar-refractivity contribution < 1.29 is 48.1 Å². The number of esters is 1. The monoisotopic (exact) mass is 391 g/mol. The molecule has 0 aromatic carbocycles. The van der Waals surface area contributed by atoms with Gasteiger partial charge in [0.25, 0.3) is 0 Å². The second kappa shape index (κ2) is 8.41. The van der Waals surface area contributed by atoms with Gasteiger partial charge in [0, 0.05) is 15.9 Å². The predicted octanol–water partition coefficient (Wildman–Crippen LogP) is -2.30. The van der Waals surface area contributed by atoms with Crippen LogP contribution in [0.5, 0.6) is 0 Å². The van der Waals surface area contributed by atoms with E-state index < -0.39 is 86.9 Å². The first-order valence-electron chi connectivity index (χ1n) is 9.35. The number of carbonyl (C=O) groups excluding carboxylic acids is 4. The van der Waals surface area contributed by atoms with Gasteiger partial charge in [-0.1, -0.05) is 5.11 Å². The summed E-state index contributed by atoms with van der Waals surface area (Å²) < 4.78 is 31.0. The molecule has 0 bridgehead atoms. The number of hydrogen-bond acceptors (Lipinski definition) is 10. The van der Waals surface area contributed by atoms with Crippen molar-refractivity contribution in [2.24, 2.45) is 5.11 Å². The number of rotatable bonds is 7. The number of aliphatic hydroxyl groups excluding tert-OH is 1. The molecular weight excluding hydrogens is 368 g/mol. The van der Waals surface area contributed by atoms with Gasteiger partial charge in [0.15, 0.2) is 29.1 Å². The Bertz CT molecular complexity index is 750. The lowest BCUT2D eigenvalue weighted by molar-refractivity contribution is -0.307. The Morgan fingerprint density at radius 2 is 1.89 bits per heavy atom. The molecule has 0 spiro atoms. The fourth-order valence-electron chi connectivity index (χ4n) is 2.63. The van der Waals surface area contributed by atoms with Crippen molar-refractivity contribution in [1.29, 1.82) is 0 Å². The Hall–Kier alpha value is -2.57. The lowest BCUT2D eigenvalue weighted by atomic mass is 9.67. The summed E-state index contributed by atoms with van der Waals surface area (Å²) in [6, 6.07) is -2.22. The zero-order chi connectivity index (χ0) is 23.1. The van der Waals surface area contributed by atoms with Crippen LogP contribution < -0.4 is 5.32 Å². The first-order valence-corrected chi connectivity index (χ1v) is 7.22. The van der Waals surface area contributed by atoms with Crippen molar-refractivity contribution >= 4 is 23.4 Å². The standard InChI is InChI=1S/C14H20N4O9/c1-6(19)13(24)9(5-26-8(3)21)27-12(23)11(14(13,25)7(2)20)17-10(22)4-16-18-15/h9,11-12,23-25H,4-5H2,1-3H3,(H,17,22)/t9-,11+,12?,13-,14-/m1/s1/i1D,2D,3D. The van der Waals surface area contributed by atoms with E-state index in [9.17, 15) is 34.5 Å². The largest absolute Gasteiger partial charge is 0.463 e. The van der Waals surface area contributed by atoms with Gasteiger partial charge in [0.2, 0.25) is 5.91 Å². The predicted molar refractivity (Wildman–Crippen MR) is 84.7 cm³/mol. The number of amides is 1. The zero-order valence-corrected chi connectivity index (χ0v) is 13.9. The quantitative estimate of drug-likeness (QED) is 0.159. The van der Waals surface area contributed by atoms with Crippen molar-refractivity contribution in [1.82, 2.24) is 5.32 Å². The molecule has 0 aromatic heterocycles. The molecule has 0 aromatic rings. The molecule has 1 unspecified atom stereocenters. The molecule has 1 fully saturated rings. The smallest absolute Gasteiger partial charge is 0.302 e. The number of carbonyl (C=O) groups is 4. The first kappa shape index (κ1) is 17.8. The van der Waals surface area contributed by atoms with Crippen LogP contribution in [0, 0.1) is 0 Å². The summed E-state index contributed by atoms with van der Waals surface area (Å²) in [6.07, 6.45) is -4.36. The van der Waals surface area contributed by atoms with Gasteiger partial charge in [-0.05, 0) is 19.3 Å². The van der Waals surface area contributed by atoms with E-state index in [-0.39, 0.29) is 0 Å². The summed E-state index contributed by atoms with van der Waals surface area (Å²) in [5, 5.41) is 37.2. The maximum absolute atomic E-state index is 12.5. The van der Waals surface area contributed by atoms with Crippen LogP contribution in [-0.4, -0.2) is 81.6 Å². The number of nitrogens with one attached hydrogen (secondary N) is 1. The molecule has 150 valence electrons. The van der Waals surface area contributed by atoms with Crippen molar-refractivity contribution in [3.8, 4) is 0 Å². The molecule has 1 aliphatic heterocycles. The van der Waals surface area contributed by atoms with Gasteiger partial charge < -0.3 is 30.1 Å². The fraction of sp³-hybridized carbons (Fsp3) is 0.714. The van der Waals surface area contributed by atoms with E-state index in [0.717, 1.165) is 0 Å². The van der Waals surface area contributed by atoms with Crippen LogP contribution in [0.2, 0.25) is 0 Å². The van der Waals surface area contributed by atoms with E-state index in [4.69, 9.17) is 14.4 Å². The topological polar surface area (TPSA) is 208 Å². The molecule has 0 aliphatic carbocycles. The van der Waals surface area contributed by atoms with E-state index in [1.807, 2.05) is 5.32 Å². The molecule has 1 rings (SSSR count). The number of Topliss-reactive ketones (excluding diaryl/α,β-unsaturated/α-hetero) is 2. The number of azide groups is 1. The number of ketones is 2. The van der Waals surface area contributed by atoms with Gasteiger partial charge in [-0.2, -0.15) is 0 Å². The molecule has 1 aliphatic rings. The van der Waals surface area contributed by atoms with Crippen molar-refractivity contribution in [2.45, 2.75) is 50.3 Å². The number of nitrogens with zero attached hydrogens (tertiary/aromatic N) is 3. The third-order valence-corrected chi connectivity index (χ3v) is 3.93. The van der Waals surface area contributed by atoms with Crippen molar-refractivity contribution in [2.75, 3.05) is 13.2 Å². The van der Waals surface area contributed by atoms with E-state index >= 15 is 0 Å². The summed E-state index contributed by atoms with van der Waals surface area (Å²) in [6.45, 7) is -5.14. The molecule has 13 nitrogen and oxygen atoms in total. The Kier molecular flexibility index (Phi) is 5.55. The van der Waals surface area contributed by atoms with Gasteiger partial charge in [-0.3, -0.25) is 19.2 Å². The Balaban J connectivity index is 3.52. The summed E-state index contributed by atoms with van der Waals surface area (Å²) in [7, 11) is 0. The minimum Gasteiger partial charge on any atom is -0.463 e. The number of aliphatic hydroxyl groups is 3. The van der Waals surface area contributed by atoms with E-state index in [0.29, 0.717) is 0 Å². The first-order chi connectivity index (χ1) is 14.0. The van der Waals surface area contributed by atoms with Crippen molar-refractivity contribution in [3.05, 3.63) is 10.4 Å². The van der Waals surface area contributed by atoms with Crippen LogP contribution >= 0.6 is 0 Å². The second-order valence-electron chi connectivity index (χ2n) is 5.51. The van der Waals surface area contributed by atoms with Crippen LogP contribution in [0.4, 0.5) is 0 Å². The van der Waals surface area contributed by atoms with E-state index in [2.05, 4.69) is 14.8 Å². The number of hydrogen-bond donors (Lipinski definition) is 4. The van der Waals surface area contributed by atoms with Gasteiger partial charge in [-0.15, -0.1) is 0 Å². The summed E-state index contributed by atoms with van der Waals surface area (Å²) in [5.74, 6) is -5.30. The van der Waals surface area contributed by atoms with Crippen molar-refractivity contribution in [3.63, 3.8) is 0 Å². The molecule has 1 saturated heterocycles. The molecule has 4 N–H and O–H groups in total. The lowest BCUT2D eigenvalue weighted by Crippen LogP contribution is -2.82. The van der Waals surface area contributed by atoms with Gasteiger partial charge in [0.1, 0.15) is 25.3 Å². The van der Waals surface area contributed by atoms with Gasteiger partial charge in [-0.25, -0.2) is 0 Å². The van der Waals surface area contributed by atoms with Crippen LogP contribution in [0.25, 0.3) is 10.4 Å². The van der Waals surface area contributed by atoms with Crippen LogP contribution in [0.1, 0.15) is 24.8 Å². The molecule has 1 heterocycles. The highest BCUT2D eigenvalue weighted by atomic mass is 16.6. The maximum atomic E-state index is 12.5. The molecule has 5 atom stereocenters. The SMILES string of the molecule is [2H]CC(=O)OC[C@H]1OC(O)[C@H](NC(=O)CN=[N+]=[N-])[C@](O)(C(=O)C[2H])[C@@]1(O)C(=O)C[2H]. The van der Waals surface area contributed by atoms with Gasteiger partial charge in [0.05, 0.1) is 0 Å². The third kappa shape index (κ3) is 4.07. The van der Waals surface area contributed by atoms with Crippen LogP contribution in [0.15, 0.2) is 5.11 Å². The highest BCUT2D eigenvalue weighted by Gasteiger charge is 2.70. The molecule has 13 heteroatoms. The maximum Gasteiger partial charge on any atom is 0.302 e. The highest BCUT2D eigenvalue weighted by Crippen LogP contribution is 2.39. The molecule has 0 saturated carbocycles. The number of ether oxygens (including phenoxy) is 2. The van der Waals surface area contributed by atoms with Crippen LogP contribution in [0.3, 0.4) is 0 Å². The molecular formula is C14H20N4O9.